The van der Waals surface area contributed by atoms with Crippen LogP contribution in [-0.4, -0.2) is 26.9 Å². The molecular formula is C10H17N3O2. The number of aliphatic carboxylic acids is 1. The van der Waals surface area contributed by atoms with E-state index in [0.29, 0.717) is 6.42 Å². The van der Waals surface area contributed by atoms with Crippen LogP contribution in [0.25, 0.3) is 0 Å². The molecule has 0 aliphatic carbocycles. The molecule has 0 spiro atoms. The van der Waals surface area contributed by atoms with Gasteiger partial charge in [0.2, 0.25) is 0 Å². The molecule has 5 heteroatoms. The van der Waals surface area contributed by atoms with Crippen LogP contribution in [0, 0.1) is 0 Å². The Labute approximate surface area is 89.1 Å². The summed E-state index contributed by atoms with van der Waals surface area (Å²) in [7, 11) is 0. The first-order valence-corrected chi connectivity index (χ1v) is 5.12. The summed E-state index contributed by atoms with van der Waals surface area (Å²) in [5, 5.41) is 15.9. The molecule has 1 unspecified atom stereocenters. The van der Waals surface area contributed by atoms with E-state index in [4.69, 9.17) is 5.11 Å². The number of aryl methyl sites for hydroxylation is 1. The average molecular weight is 211 g/mol. The summed E-state index contributed by atoms with van der Waals surface area (Å²) < 4.78 is 1.83. The van der Waals surface area contributed by atoms with Gasteiger partial charge in [0.15, 0.2) is 0 Å². The van der Waals surface area contributed by atoms with Crippen LogP contribution in [0.4, 0.5) is 5.69 Å². The molecule has 0 amide bonds. The van der Waals surface area contributed by atoms with E-state index in [9.17, 15) is 4.79 Å². The molecule has 1 aromatic rings. The first-order valence-electron chi connectivity index (χ1n) is 5.12. The van der Waals surface area contributed by atoms with Crippen LogP contribution in [0.2, 0.25) is 0 Å². The van der Waals surface area contributed by atoms with E-state index in [-0.39, 0.29) is 12.5 Å². The monoisotopic (exact) mass is 211 g/mol. The van der Waals surface area contributed by atoms with Crippen LogP contribution in [0.5, 0.6) is 0 Å². The fraction of sp³-hybridized carbons (Fsp3) is 0.600. The maximum Gasteiger partial charge on any atom is 0.303 e. The lowest BCUT2D eigenvalue weighted by molar-refractivity contribution is -0.137. The van der Waals surface area contributed by atoms with Gasteiger partial charge in [-0.25, -0.2) is 0 Å². The van der Waals surface area contributed by atoms with Crippen LogP contribution < -0.4 is 5.32 Å². The zero-order chi connectivity index (χ0) is 11.3. The lowest BCUT2D eigenvalue weighted by atomic mass is 10.2. The molecule has 1 atom stereocenters. The molecule has 0 saturated carbocycles. The lowest BCUT2D eigenvalue weighted by Gasteiger charge is -2.11. The lowest BCUT2D eigenvalue weighted by Crippen LogP contribution is -2.16. The van der Waals surface area contributed by atoms with Crippen molar-refractivity contribution in [1.82, 2.24) is 9.78 Å². The second-order valence-electron chi connectivity index (χ2n) is 3.56. The standard InChI is InChI=1S/C10H17N3O2/c1-3-13-7-9(6-11-13)12-8(2)4-5-10(14)15/h6-8,12H,3-5H2,1-2H3,(H,14,15). The van der Waals surface area contributed by atoms with Crippen LogP contribution in [0.15, 0.2) is 12.4 Å². The van der Waals surface area contributed by atoms with E-state index in [1.165, 1.54) is 0 Å². The Kier molecular flexibility index (Phi) is 4.15. The van der Waals surface area contributed by atoms with E-state index in [1.807, 2.05) is 24.7 Å². The summed E-state index contributed by atoms with van der Waals surface area (Å²) in [5.41, 5.74) is 0.940. The Morgan fingerprint density at radius 1 is 1.73 bits per heavy atom. The minimum absolute atomic E-state index is 0.149. The Morgan fingerprint density at radius 3 is 3.00 bits per heavy atom. The molecule has 1 heterocycles. The zero-order valence-corrected chi connectivity index (χ0v) is 9.10. The predicted octanol–water partition coefficient (Wildman–Crippen LogP) is 1.57. The van der Waals surface area contributed by atoms with Gasteiger partial charge in [-0.05, 0) is 20.3 Å². The maximum atomic E-state index is 10.4. The molecule has 0 bridgehead atoms. The van der Waals surface area contributed by atoms with Crippen molar-refractivity contribution >= 4 is 11.7 Å². The molecule has 0 fully saturated rings. The number of carboxylic acid groups (broad SMARTS) is 1. The predicted molar refractivity (Wildman–Crippen MR) is 57.9 cm³/mol. The number of hydrogen-bond acceptors (Lipinski definition) is 3. The van der Waals surface area contributed by atoms with Crippen LogP contribution in [0.1, 0.15) is 26.7 Å². The Hall–Kier alpha value is -1.52. The number of aromatic nitrogens is 2. The number of carbonyl (C=O) groups is 1. The van der Waals surface area contributed by atoms with Gasteiger partial charge >= 0.3 is 5.97 Å². The number of carboxylic acids is 1. The van der Waals surface area contributed by atoms with Crippen molar-refractivity contribution in [2.24, 2.45) is 0 Å². The van der Waals surface area contributed by atoms with Gasteiger partial charge in [-0.2, -0.15) is 5.10 Å². The second kappa shape index (κ2) is 5.38. The Bertz CT molecular complexity index is 322. The van der Waals surface area contributed by atoms with Gasteiger partial charge in [0, 0.05) is 25.2 Å². The number of nitrogens with zero attached hydrogens (tertiary/aromatic N) is 2. The van der Waals surface area contributed by atoms with E-state index >= 15 is 0 Å². The smallest absolute Gasteiger partial charge is 0.303 e. The minimum Gasteiger partial charge on any atom is -0.481 e. The number of anilines is 1. The molecule has 0 saturated heterocycles. The molecule has 84 valence electrons. The summed E-state index contributed by atoms with van der Waals surface area (Å²) in [6.45, 7) is 4.82. The van der Waals surface area contributed by atoms with E-state index in [2.05, 4.69) is 10.4 Å². The fourth-order valence-electron chi connectivity index (χ4n) is 1.31. The summed E-state index contributed by atoms with van der Waals surface area (Å²) in [6.07, 6.45) is 4.47. The molecule has 0 aliphatic rings. The van der Waals surface area contributed by atoms with Gasteiger partial charge in [0.1, 0.15) is 0 Å². The van der Waals surface area contributed by atoms with Gasteiger partial charge < -0.3 is 10.4 Å². The Balaban J connectivity index is 2.36. The first kappa shape index (κ1) is 11.6. The SMILES string of the molecule is CCn1cc(NC(C)CCC(=O)O)cn1. The Morgan fingerprint density at radius 2 is 2.47 bits per heavy atom. The molecule has 1 rings (SSSR count). The quantitative estimate of drug-likeness (QED) is 0.749. The fourth-order valence-corrected chi connectivity index (χ4v) is 1.31. The normalized spacial score (nSPS) is 12.4. The molecule has 5 nitrogen and oxygen atoms in total. The van der Waals surface area contributed by atoms with Crippen molar-refractivity contribution < 1.29 is 9.90 Å². The molecule has 0 aliphatic heterocycles. The highest BCUT2D eigenvalue weighted by Gasteiger charge is 2.06. The van der Waals surface area contributed by atoms with E-state index in [1.54, 1.807) is 6.20 Å². The maximum absolute atomic E-state index is 10.4. The van der Waals surface area contributed by atoms with Gasteiger partial charge in [-0.1, -0.05) is 0 Å². The van der Waals surface area contributed by atoms with Crippen molar-refractivity contribution in [2.75, 3.05) is 5.32 Å². The van der Waals surface area contributed by atoms with Crippen molar-refractivity contribution in [3.8, 4) is 0 Å². The molecule has 0 radical (unpaired) electrons. The molecule has 1 aromatic heterocycles. The third kappa shape index (κ3) is 4.01. The summed E-state index contributed by atoms with van der Waals surface area (Å²) >= 11 is 0. The van der Waals surface area contributed by atoms with E-state index < -0.39 is 5.97 Å². The van der Waals surface area contributed by atoms with Crippen LogP contribution in [0.3, 0.4) is 0 Å². The number of nitrogens with one attached hydrogen (secondary N) is 1. The molecule has 2 N–H and O–H groups in total. The number of hydrogen-bond donors (Lipinski definition) is 2. The summed E-state index contributed by atoms with van der Waals surface area (Å²) in [4.78, 5) is 10.4. The van der Waals surface area contributed by atoms with Crippen molar-refractivity contribution in [1.29, 1.82) is 0 Å². The molecular weight excluding hydrogens is 194 g/mol. The van der Waals surface area contributed by atoms with Crippen LogP contribution in [-0.2, 0) is 11.3 Å². The van der Waals surface area contributed by atoms with Crippen molar-refractivity contribution in [3.63, 3.8) is 0 Å². The average Bonchev–Trinajstić information content (AvgIpc) is 2.62. The minimum atomic E-state index is -0.757. The largest absolute Gasteiger partial charge is 0.481 e. The summed E-state index contributed by atoms with van der Waals surface area (Å²) in [5.74, 6) is -0.757. The highest BCUT2D eigenvalue weighted by molar-refractivity contribution is 5.66. The van der Waals surface area contributed by atoms with Crippen LogP contribution >= 0.6 is 0 Å². The topological polar surface area (TPSA) is 67.2 Å². The van der Waals surface area contributed by atoms with Gasteiger partial charge in [-0.3, -0.25) is 9.48 Å². The van der Waals surface area contributed by atoms with Crippen molar-refractivity contribution in [3.05, 3.63) is 12.4 Å². The van der Waals surface area contributed by atoms with Gasteiger partial charge in [0.25, 0.3) is 0 Å². The van der Waals surface area contributed by atoms with E-state index in [0.717, 1.165) is 12.2 Å². The summed E-state index contributed by atoms with van der Waals surface area (Å²) in [6, 6.07) is 0.149. The molecule has 0 aromatic carbocycles. The van der Waals surface area contributed by atoms with Gasteiger partial charge in [-0.15, -0.1) is 0 Å². The second-order valence-corrected chi connectivity index (χ2v) is 3.56. The molecule has 15 heavy (non-hydrogen) atoms. The van der Waals surface area contributed by atoms with Crippen molar-refractivity contribution in [2.45, 2.75) is 39.3 Å². The first-order chi connectivity index (χ1) is 7.11. The third-order valence-corrected chi connectivity index (χ3v) is 2.16. The van der Waals surface area contributed by atoms with Gasteiger partial charge in [0.05, 0.1) is 11.9 Å². The highest BCUT2D eigenvalue weighted by Crippen LogP contribution is 2.09. The third-order valence-electron chi connectivity index (χ3n) is 2.16. The number of rotatable bonds is 6. The zero-order valence-electron chi connectivity index (χ0n) is 9.10. The highest BCUT2D eigenvalue weighted by atomic mass is 16.4.